The summed E-state index contributed by atoms with van der Waals surface area (Å²) in [6.45, 7) is 4.32. The minimum Gasteiger partial charge on any atom is -0.379 e. The summed E-state index contributed by atoms with van der Waals surface area (Å²) in [6.07, 6.45) is 11.0. The Morgan fingerprint density at radius 1 is 1.07 bits per heavy atom. The number of aldehydes is 1. The van der Waals surface area contributed by atoms with Gasteiger partial charge in [0.1, 0.15) is 6.29 Å². The van der Waals surface area contributed by atoms with Crippen molar-refractivity contribution in [2.45, 2.75) is 64.3 Å². The number of rotatable bonds is 3. The van der Waals surface area contributed by atoms with Crippen LogP contribution in [0.1, 0.15) is 73.9 Å². The molecule has 0 unspecified atom stereocenters. The zero-order valence-electron chi connectivity index (χ0n) is 16.4. The van der Waals surface area contributed by atoms with E-state index < -0.39 is 0 Å². The quantitative estimate of drug-likeness (QED) is 0.633. The first kappa shape index (κ1) is 17.2. The van der Waals surface area contributed by atoms with Crippen molar-refractivity contribution < 1.29 is 9.59 Å². The summed E-state index contributed by atoms with van der Waals surface area (Å²) in [4.78, 5) is 24.7. The molecular formula is C24H29NO2. The molecule has 4 saturated carbocycles. The monoisotopic (exact) mass is 363 g/mol. The van der Waals surface area contributed by atoms with Gasteiger partial charge in [-0.2, -0.15) is 0 Å². The Morgan fingerprint density at radius 3 is 2.30 bits per heavy atom. The van der Waals surface area contributed by atoms with E-state index in [0.29, 0.717) is 11.3 Å². The van der Waals surface area contributed by atoms with Gasteiger partial charge in [-0.15, -0.1) is 0 Å². The van der Waals surface area contributed by atoms with Crippen LogP contribution in [0.3, 0.4) is 0 Å². The molecule has 3 nitrogen and oxygen atoms in total. The summed E-state index contributed by atoms with van der Waals surface area (Å²) in [5.41, 5.74) is 3.67. The lowest BCUT2D eigenvalue weighted by Crippen LogP contribution is -2.50. The number of hydrogen-bond acceptors (Lipinski definition) is 3. The van der Waals surface area contributed by atoms with E-state index in [2.05, 4.69) is 19.2 Å². The Balaban J connectivity index is 1.51. The van der Waals surface area contributed by atoms with Crippen LogP contribution in [0.15, 0.2) is 24.3 Å². The number of fused-ring (bicyclic) bond motifs is 1. The number of hydrogen-bond donors (Lipinski definition) is 1. The minimum absolute atomic E-state index is 0.103. The maximum atomic E-state index is 13.5. The van der Waals surface area contributed by atoms with Gasteiger partial charge in [0.15, 0.2) is 5.78 Å². The van der Waals surface area contributed by atoms with Crippen LogP contribution in [0.2, 0.25) is 0 Å². The third kappa shape index (κ3) is 2.86. The fourth-order valence-electron chi connectivity index (χ4n) is 6.86. The maximum absolute atomic E-state index is 13.5. The highest BCUT2D eigenvalue weighted by Crippen LogP contribution is 2.60. The van der Waals surface area contributed by atoms with Crippen molar-refractivity contribution in [3.8, 4) is 0 Å². The number of benzene rings is 1. The van der Waals surface area contributed by atoms with Crippen molar-refractivity contribution in [3.63, 3.8) is 0 Å². The molecule has 4 aliphatic carbocycles. The molecule has 0 atom stereocenters. The Bertz CT molecular complexity index is 813. The van der Waals surface area contributed by atoms with Gasteiger partial charge in [0.05, 0.1) is 0 Å². The molecule has 1 N–H and O–H groups in total. The molecule has 1 aliphatic heterocycles. The second-order valence-corrected chi connectivity index (χ2v) is 10.3. The highest BCUT2D eigenvalue weighted by Gasteiger charge is 2.53. The summed E-state index contributed by atoms with van der Waals surface area (Å²) < 4.78 is 0. The molecule has 27 heavy (non-hydrogen) atoms. The van der Waals surface area contributed by atoms with E-state index in [9.17, 15) is 9.59 Å². The predicted molar refractivity (Wildman–Crippen MR) is 106 cm³/mol. The van der Waals surface area contributed by atoms with Gasteiger partial charge in [0.2, 0.25) is 0 Å². The molecule has 4 bridgehead atoms. The van der Waals surface area contributed by atoms with E-state index in [1.807, 2.05) is 24.3 Å². The summed E-state index contributed by atoms with van der Waals surface area (Å²) in [5.74, 6) is 2.66. The van der Waals surface area contributed by atoms with Gasteiger partial charge in [-0.25, -0.2) is 0 Å². The third-order valence-electron chi connectivity index (χ3n) is 7.50. The summed E-state index contributed by atoms with van der Waals surface area (Å²) in [5, 5.41) is 3.60. The molecule has 6 rings (SSSR count). The van der Waals surface area contributed by atoms with E-state index in [4.69, 9.17) is 0 Å². The van der Waals surface area contributed by atoms with Crippen LogP contribution < -0.4 is 5.32 Å². The standard InChI is InChI=1S/C24H29NO2/c1-23(2)13-19-8-15(14-26)3-4-20(19)21(25-23)9-22(27)24-10-16-5-17(11-24)7-18(6-16)12-24/h3-4,8-9,14,16-18,25H,5-7,10-13H2,1-2H3/b21-9+. The van der Waals surface area contributed by atoms with Crippen LogP contribution in [-0.2, 0) is 11.2 Å². The molecule has 4 fully saturated rings. The molecule has 0 aromatic heterocycles. The van der Waals surface area contributed by atoms with Crippen LogP contribution in [0.5, 0.6) is 0 Å². The lowest BCUT2D eigenvalue weighted by molar-refractivity contribution is -0.138. The maximum Gasteiger partial charge on any atom is 0.163 e. The Kier molecular flexibility index (Phi) is 3.70. The average Bonchev–Trinajstić information content (AvgIpc) is 2.59. The van der Waals surface area contributed by atoms with E-state index >= 15 is 0 Å². The van der Waals surface area contributed by atoms with Crippen LogP contribution >= 0.6 is 0 Å². The zero-order chi connectivity index (χ0) is 18.8. The first-order chi connectivity index (χ1) is 12.9. The molecule has 1 aromatic rings. The van der Waals surface area contributed by atoms with Gasteiger partial charge in [0, 0.05) is 33.9 Å². The van der Waals surface area contributed by atoms with Gasteiger partial charge in [-0.3, -0.25) is 9.59 Å². The molecule has 0 saturated heterocycles. The molecule has 0 spiro atoms. The highest BCUT2D eigenvalue weighted by atomic mass is 16.1. The molecule has 5 aliphatic rings. The Labute approximate surface area is 161 Å². The number of nitrogens with one attached hydrogen (secondary N) is 1. The third-order valence-corrected chi connectivity index (χ3v) is 7.50. The van der Waals surface area contributed by atoms with Crippen LogP contribution in [0, 0.1) is 23.2 Å². The minimum atomic E-state index is -0.123. The van der Waals surface area contributed by atoms with Crippen molar-refractivity contribution in [2.75, 3.05) is 0 Å². The first-order valence-electron chi connectivity index (χ1n) is 10.5. The first-order valence-corrected chi connectivity index (χ1v) is 10.5. The molecular weight excluding hydrogens is 334 g/mol. The average molecular weight is 364 g/mol. The Hall–Kier alpha value is -1.90. The highest BCUT2D eigenvalue weighted by molar-refractivity contribution is 6.01. The van der Waals surface area contributed by atoms with Gasteiger partial charge >= 0.3 is 0 Å². The van der Waals surface area contributed by atoms with E-state index in [-0.39, 0.29) is 11.0 Å². The smallest absolute Gasteiger partial charge is 0.163 e. The van der Waals surface area contributed by atoms with Gasteiger partial charge < -0.3 is 5.32 Å². The largest absolute Gasteiger partial charge is 0.379 e. The van der Waals surface area contributed by atoms with E-state index in [1.54, 1.807) is 0 Å². The van der Waals surface area contributed by atoms with Crippen molar-refractivity contribution in [1.82, 2.24) is 5.32 Å². The van der Waals surface area contributed by atoms with Crippen molar-refractivity contribution in [3.05, 3.63) is 41.0 Å². The van der Waals surface area contributed by atoms with Crippen LogP contribution in [0.25, 0.3) is 5.70 Å². The van der Waals surface area contributed by atoms with Crippen molar-refractivity contribution in [2.24, 2.45) is 23.2 Å². The predicted octanol–water partition coefficient (Wildman–Crippen LogP) is 4.55. The fourth-order valence-corrected chi connectivity index (χ4v) is 6.86. The van der Waals surface area contributed by atoms with Crippen molar-refractivity contribution >= 4 is 17.8 Å². The van der Waals surface area contributed by atoms with Crippen LogP contribution in [0.4, 0.5) is 0 Å². The topological polar surface area (TPSA) is 46.2 Å². The Morgan fingerprint density at radius 2 is 1.70 bits per heavy atom. The SMILES string of the molecule is CC1(C)Cc2cc(C=O)ccc2/C(=C\C(=O)C23CC4CC(CC(C4)C2)C3)N1. The lowest BCUT2D eigenvalue weighted by Gasteiger charge is -2.55. The fraction of sp³-hybridized carbons (Fsp3) is 0.583. The van der Waals surface area contributed by atoms with Crippen molar-refractivity contribution in [1.29, 1.82) is 0 Å². The lowest BCUT2D eigenvalue weighted by atomic mass is 9.48. The molecule has 3 heteroatoms. The second kappa shape index (κ2) is 5.80. The number of carbonyl (C=O) groups excluding carboxylic acids is 2. The van der Waals surface area contributed by atoms with E-state index in [1.165, 1.54) is 19.3 Å². The number of allylic oxidation sites excluding steroid dienone is 1. The van der Waals surface area contributed by atoms with Gasteiger partial charge in [-0.05, 0) is 88.2 Å². The van der Waals surface area contributed by atoms with Gasteiger partial charge in [-0.1, -0.05) is 12.1 Å². The normalized spacial score (nSPS) is 37.0. The van der Waals surface area contributed by atoms with Crippen LogP contribution in [-0.4, -0.2) is 17.6 Å². The summed E-state index contributed by atoms with van der Waals surface area (Å²) in [7, 11) is 0. The summed E-state index contributed by atoms with van der Waals surface area (Å²) >= 11 is 0. The van der Waals surface area contributed by atoms with E-state index in [0.717, 1.165) is 66.5 Å². The van der Waals surface area contributed by atoms with Gasteiger partial charge in [0.25, 0.3) is 0 Å². The molecule has 0 radical (unpaired) electrons. The molecule has 1 heterocycles. The summed E-state index contributed by atoms with van der Waals surface area (Å²) in [6, 6.07) is 5.84. The number of ketones is 1. The molecule has 142 valence electrons. The number of carbonyl (C=O) groups is 2. The molecule has 1 aromatic carbocycles. The zero-order valence-corrected chi connectivity index (χ0v) is 16.4. The second-order valence-electron chi connectivity index (χ2n) is 10.3. The molecule has 0 amide bonds.